The van der Waals surface area contributed by atoms with Crippen molar-refractivity contribution in [3.05, 3.63) is 71.3 Å². The summed E-state index contributed by atoms with van der Waals surface area (Å²) < 4.78 is 0. The fraction of sp³-hybridized carbons (Fsp3) is 0.318. The molecule has 2 aromatic carbocycles. The van der Waals surface area contributed by atoms with Crippen LogP contribution in [0.3, 0.4) is 0 Å². The standard InChI is InChI=1S/C22H26N2O2/c1-3-7-19-14-20(22(25)26)10-11-21(19)24-13-12-23(17(2)15-24)16-18-8-5-4-6-9-18/h3-11,14,17H,12-13,15-16H2,1-2H3,(H,25,26)/t17-/m1/s1. The van der Waals surface area contributed by atoms with Gasteiger partial charge in [0, 0.05) is 37.9 Å². The van der Waals surface area contributed by atoms with E-state index in [4.69, 9.17) is 0 Å². The summed E-state index contributed by atoms with van der Waals surface area (Å²) in [7, 11) is 0. The summed E-state index contributed by atoms with van der Waals surface area (Å²) in [6.07, 6.45) is 3.95. The van der Waals surface area contributed by atoms with Crippen LogP contribution >= 0.6 is 0 Å². The number of aromatic carboxylic acids is 1. The van der Waals surface area contributed by atoms with Crippen LogP contribution in [0, 0.1) is 0 Å². The molecule has 0 bridgehead atoms. The zero-order valence-corrected chi connectivity index (χ0v) is 15.4. The molecule has 2 aromatic rings. The average molecular weight is 350 g/mol. The van der Waals surface area contributed by atoms with Crippen molar-refractivity contribution in [2.24, 2.45) is 0 Å². The van der Waals surface area contributed by atoms with Gasteiger partial charge >= 0.3 is 5.97 Å². The number of rotatable bonds is 5. The molecule has 1 fully saturated rings. The number of hydrogen-bond acceptors (Lipinski definition) is 3. The monoisotopic (exact) mass is 350 g/mol. The van der Waals surface area contributed by atoms with Crippen molar-refractivity contribution in [1.29, 1.82) is 0 Å². The van der Waals surface area contributed by atoms with Gasteiger partial charge < -0.3 is 10.0 Å². The van der Waals surface area contributed by atoms with Crippen molar-refractivity contribution >= 4 is 17.7 Å². The minimum Gasteiger partial charge on any atom is -0.478 e. The number of allylic oxidation sites excluding steroid dienone is 1. The molecule has 0 radical (unpaired) electrons. The highest BCUT2D eigenvalue weighted by molar-refractivity contribution is 5.89. The fourth-order valence-electron chi connectivity index (χ4n) is 3.56. The van der Waals surface area contributed by atoms with Crippen molar-refractivity contribution in [2.45, 2.75) is 26.4 Å². The molecule has 3 rings (SSSR count). The second kappa shape index (κ2) is 8.19. The molecule has 1 N–H and O–H groups in total. The Hall–Kier alpha value is -2.59. The number of benzene rings is 2. The van der Waals surface area contributed by atoms with Gasteiger partial charge in [0.2, 0.25) is 0 Å². The van der Waals surface area contributed by atoms with E-state index in [1.165, 1.54) is 5.56 Å². The van der Waals surface area contributed by atoms with Crippen LogP contribution in [-0.2, 0) is 6.54 Å². The number of nitrogens with zero attached hydrogens (tertiary/aromatic N) is 2. The van der Waals surface area contributed by atoms with Crippen LogP contribution in [0.25, 0.3) is 6.08 Å². The summed E-state index contributed by atoms with van der Waals surface area (Å²) in [5.74, 6) is -0.886. The number of carbonyl (C=O) groups is 1. The molecule has 4 nitrogen and oxygen atoms in total. The second-order valence-electron chi connectivity index (χ2n) is 6.83. The normalized spacial score (nSPS) is 18.4. The minimum atomic E-state index is -0.886. The molecule has 26 heavy (non-hydrogen) atoms. The van der Waals surface area contributed by atoms with E-state index in [9.17, 15) is 9.90 Å². The topological polar surface area (TPSA) is 43.8 Å². The molecule has 1 saturated heterocycles. The minimum absolute atomic E-state index is 0.331. The lowest BCUT2D eigenvalue weighted by Gasteiger charge is -2.41. The number of piperazine rings is 1. The molecule has 0 saturated carbocycles. The van der Waals surface area contributed by atoms with Gasteiger partial charge in [0.05, 0.1) is 5.56 Å². The molecular formula is C22H26N2O2. The maximum atomic E-state index is 11.3. The van der Waals surface area contributed by atoms with Crippen molar-refractivity contribution in [3.8, 4) is 0 Å². The van der Waals surface area contributed by atoms with Crippen LogP contribution in [-0.4, -0.2) is 41.7 Å². The molecule has 0 aromatic heterocycles. The van der Waals surface area contributed by atoms with Crippen molar-refractivity contribution in [2.75, 3.05) is 24.5 Å². The van der Waals surface area contributed by atoms with Gasteiger partial charge in [0.25, 0.3) is 0 Å². The fourth-order valence-corrected chi connectivity index (χ4v) is 3.56. The highest BCUT2D eigenvalue weighted by Gasteiger charge is 2.25. The summed E-state index contributed by atoms with van der Waals surface area (Å²) in [6.45, 7) is 8.05. The van der Waals surface area contributed by atoms with E-state index in [0.717, 1.165) is 37.4 Å². The van der Waals surface area contributed by atoms with Gasteiger partial charge in [-0.1, -0.05) is 42.5 Å². The van der Waals surface area contributed by atoms with Crippen LogP contribution in [0.1, 0.15) is 35.3 Å². The molecule has 1 aliphatic heterocycles. The molecule has 4 heteroatoms. The number of anilines is 1. The average Bonchev–Trinajstić information content (AvgIpc) is 2.64. The van der Waals surface area contributed by atoms with Gasteiger partial charge in [-0.25, -0.2) is 4.79 Å². The molecule has 136 valence electrons. The van der Waals surface area contributed by atoms with Crippen LogP contribution in [0.2, 0.25) is 0 Å². The largest absolute Gasteiger partial charge is 0.478 e. The first-order chi connectivity index (χ1) is 12.6. The predicted octanol–water partition coefficient (Wildman–Crippen LogP) is 4.13. The van der Waals surface area contributed by atoms with E-state index in [1.54, 1.807) is 12.1 Å². The zero-order valence-electron chi connectivity index (χ0n) is 15.4. The zero-order chi connectivity index (χ0) is 18.5. The van der Waals surface area contributed by atoms with Crippen LogP contribution < -0.4 is 4.90 Å². The van der Waals surface area contributed by atoms with Crippen molar-refractivity contribution in [3.63, 3.8) is 0 Å². The lowest BCUT2D eigenvalue weighted by Crippen LogP contribution is -2.51. The first-order valence-electron chi connectivity index (χ1n) is 9.11. The van der Waals surface area contributed by atoms with E-state index in [0.29, 0.717) is 11.6 Å². The Morgan fingerprint density at radius 1 is 1.19 bits per heavy atom. The Kier molecular flexibility index (Phi) is 5.74. The maximum absolute atomic E-state index is 11.3. The molecule has 1 atom stereocenters. The third-order valence-corrected chi connectivity index (χ3v) is 4.95. The van der Waals surface area contributed by atoms with Crippen LogP contribution in [0.15, 0.2) is 54.6 Å². The van der Waals surface area contributed by atoms with Gasteiger partial charge in [-0.15, -0.1) is 0 Å². The third kappa shape index (κ3) is 4.14. The van der Waals surface area contributed by atoms with Crippen LogP contribution in [0.4, 0.5) is 5.69 Å². The van der Waals surface area contributed by atoms with Gasteiger partial charge in [-0.3, -0.25) is 4.90 Å². The molecular weight excluding hydrogens is 324 g/mol. The Morgan fingerprint density at radius 3 is 2.62 bits per heavy atom. The van der Waals surface area contributed by atoms with Gasteiger partial charge in [-0.2, -0.15) is 0 Å². The summed E-state index contributed by atoms with van der Waals surface area (Å²) in [6, 6.07) is 16.4. The van der Waals surface area contributed by atoms with Crippen LogP contribution in [0.5, 0.6) is 0 Å². The number of hydrogen-bond donors (Lipinski definition) is 1. The van der Waals surface area contributed by atoms with E-state index < -0.39 is 5.97 Å². The molecule has 0 amide bonds. The van der Waals surface area contributed by atoms with Gasteiger partial charge in [-0.05, 0) is 43.2 Å². The molecule has 0 aliphatic carbocycles. The maximum Gasteiger partial charge on any atom is 0.335 e. The van der Waals surface area contributed by atoms with Gasteiger partial charge in [0.1, 0.15) is 0 Å². The summed E-state index contributed by atoms with van der Waals surface area (Å²) in [5.41, 5.74) is 3.75. The summed E-state index contributed by atoms with van der Waals surface area (Å²) in [5, 5.41) is 9.25. The van der Waals surface area contributed by atoms with E-state index >= 15 is 0 Å². The molecule has 0 spiro atoms. The SMILES string of the molecule is CC=Cc1cc(C(=O)O)ccc1N1CCN(Cc2ccccc2)[C@H](C)C1. The Bertz CT molecular complexity index is 786. The lowest BCUT2D eigenvalue weighted by atomic mass is 10.0. The quantitative estimate of drug-likeness (QED) is 0.881. The molecule has 1 heterocycles. The van der Waals surface area contributed by atoms with E-state index in [2.05, 4.69) is 47.1 Å². The Labute approximate surface area is 155 Å². The smallest absolute Gasteiger partial charge is 0.335 e. The number of carboxylic acid groups (broad SMARTS) is 1. The first kappa shape index (κ1) is 18.2. The molecule has 1 aliphatic rings. The summed E-state index contributed by atoms with van der Waals surface area (Å²) in [4.78, 5) is 16.1. The first-order valence-corrected chi connectivity index (χ1v) is 9.11. The lowest BCUT2D eigenvalue weighted by molar-refractivity contribution is 0.0697. The highest BCUT2D eigenvalue weighted by atomic mass is 16.4. The van der Waals surface area contributed by atoms with Crippen molar-refractivity contribution in [1.82, 2.24) is 4.90 Å². The van der Waals surface area contributed by atoms with Crippen molar-refractivity contribution < 1.29 is 9.90 Å². The van der Waals surface area contributed by atoms with E-state index in [-0.39, 0.29) is 0 Å². The molecule has 0 unspecified atom stereocenters. The predicted molar refractivity (Wildman–Crippen MR) is 107 cm³/mol. The Balaban J connectivity index is 1.75. The van der Waals surface area contributed by atoms with Gasteiger partial charge in [0.15, 0.2) is 0 Å². The Morgan fingerprint density at radius 2 is 1.96 bits per heavy atom. The third-order valence-electron chi connectivity index (χ3n) is 4.95. The highest BCUT2D eigenvalue weighted by Crippen LogP contribution is 2.27. The summed E-state index contributed by atoms with van der Waals surface area (Å²) >= 11 is 0. The number of carboxylic acids is 1. The second-order valence-corrected chi connectivity index (χ2v) is 6.83. The van der Waals surface area contributed by atoms with E-state index in [1.807, 2.05) is 25.1 Å².